The summed E-state index contributed by atoms with van der Waals surface area (Å²) in [5.74, 6) is 1.04. The number of anilines is 1. The summed E-state index contributed by atoms with van der Waals surface area (Å²) in [4.78, 5) is 17.4. The van der Waals surface area contributed by atoms with Crippen molar-refractivity contribution < 1.29 is 4.79 Å². The van der Waals surface area contributed by atoms with Gasteiger partial charge in [0, 0.05) is 33.9 Å². The van der Waals surface area contributed by atoms with Crippen molar-refractivity contribution in [1.82, 2.24) is 9.55 Å². The summed E-state index contributed by atoms with van der Waals surface area (Å²) in [6.45, 7) is 1.03. The predicted octanol–water partition coefficient (Wildman–Crippen LogP) is 4.74. The lowest BCUT2D eigenvalue weighted by Gasteiger charge is -2.11. The van der Waals surface area contributed by atoms with Crippen LogP contribution in [0.15, 0.2) is 54.7 Å². The molecule has 0 bridgehead atoms. The zero-order chi connectivity index (χ0) is 17.2. The first-order valence-corrected chi connectivity index (χ1v) is 9.51. The fraction of sp³-hybridized carbons (Fsp3) is 0.200. The van der Waals surface area contributed by atoms with Gasteiger partial charge in [-0.3, -0.25) is 4.79 Å². The molecule has 25 heavy (non-hydrogen) atoms. The second kappa shape index (κ2) is 7.00. The van der Waals surface area contributed by atoms with E-state index in [0.29, 0.717) is 5.56 Å². The van der Waals surface area contributed by atoms with Gasteiger partial charge in [-0.1, -0.05) is 24.3 Å². The first-order chi connectivity index (χ1) is 12.2. The van der Waals surface area contributed by atoms with Gasteiger partial charge < -0.3 is 9.88 Å². The Bertz CT molecular complexity index is 909. The van der Waals surface area contributed by atoms with E-state index >= 15 is 0 Å². The monoisotopic (exact) mass is 443 g/mol. The molecule has 0 aliphatic carbocycles. The molecule has 126 valence electrons. The van der Waals surface area contributed by atoms with E-state index in [4.69, 9.17) is 4.98 Å². The van der Waals surface area contributed by atoms with E-state index in [2.05, 4.69) is 38.7 Å². The van der Waals surface area contributed by atoms with E-state index in [-0.39, 0.29) is 5.91 Å². The number of aromatic nitrogens is 2. The Morgan fingerprint density at radius 2 is 2.00 bits per heavy atom. The first kappa shape index (κ1) is 16.3. The molecule has 0 saturated carbocycles. The third-order valence-corrected chi connectivity index (χ3v) is 5.12. The number of fused-ring (bicyclic) bond motifs is 1. The molecule has 1 N–H and O–H groups in total. The lowest BCUT2D eigenvalue weighted by Crippen LogP contribution is -2.12. The fourth-order valence-corrected chi connectivity index (χ4v) is 3.73. The summed E-state index contributed by atoms with van der Waals surface area (Å²) in [7, 11) is 0. The number of aryl methyl sites for hydroxylation is 2. The third-order valence-electron chi connectivity index (χ3n) is 4.45. The molecule has 2 aromatic carbocycles. The SMILES string of the molecule is O=C(Nc1ccccc1-c1cn2c(n1)CCCC2)c1cccc(I)c1. The minimum absolute atomic E-state index is 0.102. The van der Waals surface area contributed by atoms with Crippen molar-refractivity contribution in [1.29, 1.82) is 0 Å². The van der Waals surface area contributed by atoms with Crippen molar-refractivity contribution in [3.8, 4) is 11.3 Å². The van der Waals surface area contributed by atoms with Gasteiger partial charge in [-0.25, -0.2) is 4.98 Å². The highest BCUT2D eigenvalue weighted by Gasteiger charge is 2.16. The molecule has 1 aliphatic rings. The van der Waals surface area contributed by atoms with Gasteiger partial charge in [-0.05, 0) is 59.7 Å². The van der Waals surface area contributed by atoms with Crippen LogP contribution in [0.5, 0.6) is 0 Å². The van der Waals surface area contributed by atoms with Crippen molar-refractivity contribution in [2.45, 2.75) is 25.8 Å². The molecule has 0 spiro atoms. The molecule has 1 aliphatic heterocycles. The topological polar surface area (TPSA) is 46.9 Å². The number of hydrogen-bond donors (Lipinski definition) is 1. The quantitative estimate of drug-likeness (QED) is 0.595. The van der Waals surface area contributed by atoms with E-state index in [0.717, 1.165) is 39.3 Å². The zero-order valence-electron chi connectivity index (χ0n) is 13.7. The van der Waals surface area contributed by atoms with E-state index < -0.39 is 0 Å². The molecule has 0 atom stereocenters. The Morgan fingerprint density at radius 1 is 1.12 bits per heavy atom. The Hall–Kier alpha value is -2.15. The molecule has 0 unspecified atom stereocenters. The highest BCUT2D eigenvalue weighted by molar-refractivity contribution is 14.1. The minimum Gasteiger partial charge on any atom is -0.334 e. The van der Waals surface area contributed by atoms with Crippen molar-refractivity contribution in [3.63, 3.8) is 0 Å². The van der Waals surface area contributed by atoms with Gasteiger partial charge in [-0.15, -0.1) is 0 Å². The highest BCUT2D eigenvalue weighted by Crippen LogP contribution is 2.29. The normalized spacial score (nSPS) is 13.3. The third kappa shape index (κ3) is 3.46. The van der Waals surface area contributed by atoms with Gasteiger partial charge in [0.25, 0.3) is 5.91 Å². The Morgan fingerprint density at radius 3 is 2.84 bits per heavy atom. The van der Waals surface area contributed by atoms with Crippen molar-refractivity contribution in [2.75, 3.05) is 5.32 Å². The Kier molecular flexibility index (Phi) is 4.57. The van der Waals surface area contributed by atoms with Crippen molar-refractivity contribution in [2.24, 2.45) is 0 Å². The van der Waals surface area contributed by atoms with Crippen LogP contribution in [-0.4, -0.2) is 15.5 Å². The number of amides is 1. The number of rotatable bonds is 3. The summed E-state index contributed by atoms with van der Waals surface area (Å²) >= 11 is 2.21. The summed E-state index contributed by atoms with van der Waals surface area (Å²) in [6.07, 6.45) is 5.53. The average Bonchev–Trinajstić information content (AvgIpc) is 3.06. The van der Waals surface area contributed by atoms with E-state index in [1.54, 1.807) is 0 Å². The lowest BCUT2D eigenvalue weighted by atomic mass is 10.1. The second-order valence-corrected chi connectivity index (χ2v) is 7.45. The smallest absolute Gasteiger partial charge is 0.255 e. The molecule has 5 heteroatoms. The number of carbonyl (C=O) groups excluding carboxylic acids is 1. The average molecular weight is 443 g/mol. The second-order valence-electron chi connectivity index (χ2n) is 6.20. The van der Waals surface area contributed by atoms with Gasteiger partial charge in [-0.2, -0.15) is 0 Å². The van der Waals surface area contributed by atoms with Crippen LogP contribution in [0.2, 0.25) is 0 Å². The maximum absolute atomic E-state index is 12.6. The predicted molar refractivity (Wildman–Crippen MR) is 108 cm³/mol. The zero-order valence-corrected chi connectivity index (χ0v) is 15.9. The Balaban J connectivity index is 1.65. The van der Waals surface area contributed by atoms with E-state index in [1.165, 1.54) is 12.8 Å². The molecule has 0 radical (unpaired) electrons. The summed E-state index contributed by atoms with van der Waals surface area (Å²) < 4.78 is 3.28. The molecule has 1 aromatic heterocycles. The Labute approximate surface area is 160 Å². The van der Waals surface area contributed by atoms with Crippen LogP contribution in [0.4, 0.5) is 5.69 Å². The van der Waals surface area contributed by atoms with Crippen LogP contribution in [-0.2, 0) is 13.0 Å². The van der Waals surface area contributed by atoms with E-state index in [1.807, 2.05) is 48.5 Å². The van der Waals surface area contributed by atoms with Gasteiger partial charge in [0.05, 0.1) is 11.4 Å². The first-order valence-electron chi connectivity index (χ1n) is 8.43. The van der Waals surface area contributed by atoms with Crippen LogP contribution in [0.1, 0.15) is 29.0 Å². The number of benzene rings is 2. The minimum atomic E-state index is -0.102. The number of nitrogens with zero attached hydrogens (tertiary/aromatic N) is 2. The van der Waals surface area contributed by atoms with Crippen LogP contribution >= 0.6 is 22.6 Å². The number of halogens is 1. The van der Waals surface area contributed by atoms with Crippen LogP contribution in [0.3, 0.4) is 0 Å². The molecule has 2 heterocycles. The summed E-state index contributed by atoms with van der Waals surface area (Å²) in [6, 6.07) is 15.4. The highest BCUT2D eigenvalue weighted by atomic mass is 127. The van der Waals surface area contributed by atoms with Crippen molar-refractivity contribution in [3.05, 3.63) is 69.7 Å². The van der Waals surface area contributed by atoms with Gasteiger partial charge in [0.1, 0.15) is 5.82 Å². The van der Waals surface area contributed by atoms with Gasteiger partial charge >= 0.3 is 0 Å². The number of para-hydroxylation sites is 1. The molecule has 0 saturated heterocycles. The number of nitrogens with one attached hydrogen (secondary N) is 1. The lowest BCUT2D eigenvalue weighted by molar-refractivity contribution is 0.102. The summed E-state index contributed by atoms with van der Waals surface area (Å²) in [5.41, 5.74) is 3.34. The molecular weight excluding hydrogens is 425 g/mol. The molecular formula is C20H18IN3O. The van der Waals surface area contributed by atoms with E-state index in [9.17, 15) is 4.79 Å². The standard InChI is InChI=1S/C20H18IN3O/c21-15-7-5-6-14(12-15)20(25)23-17-9-2-1-8-16(17)18-13-24-11-4-3-10-19(24)22-18/h1-2,5-9,12-13H,3-4,10-11H2,(H,23,25). The molecule has 4 nitrogen and oxygen atoms in total. The maximum atomic E-state index is 12.6. The maximum Gasteiger partial charge on any atom is 0.255 e. The number of carbonyl (C=O) groups is 1. The fourth-order valence-electron chi connectivity index (χ4n) is 3.18. The molecule has 3 aromatic rings. The van der Waals surface area contributed by atoms with Gasteiger partial charge in [0.2, 0.25) is 0 Å². The van der Waals surface area contributed by atoms with Crippen molar-refractivity contribution >= 4 is 34.2 Å². The van der Waals surface area contributed by atoms with Gasteiger partial charge in [0.15, 0.2) is 0 Å². The molecule has 4 rings (SSSR count). The molecule has 1 amide bonds. The van der Waals surface area contributed by atoms with Crippen LogP contribution in [0, 0.1) is 3.57 Å². The van der Waals surface area contributed by atoms with Crippen LogP contribution in [0.25, 0.3) is 11.3 Å². The number of imidazole rings is 1. The van der Waals surface area contributed by atoms with Crippen LogP contribution < -0.4 is 5.32 Å². The number of hydrogen-bond acceptors (Lipinski definition) is 2. The molecule has 0 fully saturated rings. The summed E-state index contributed by atoms with van der Waals surface area (Å²) in [5, 5.41) is 3.04. The largest absolute Gasteiger partial charge is 0.334 e.